The Hall–Kier alpha value is -2.62. The van der Waals surface area contributed by atoms with E-state index in [0.717, 1.165) is 11.1 Å². The molecule has 0 atom stereocenters. The van der Waals surface area contributed by atoms with Crippen LogP contribution in [-0.2, 0) is 4.79 Å². The van der Waals surface area contributed by atoms with E-state index < -0.39 is 5.91 Å². The van der Waals surface area contributed by atoms with E-state index in [1.54, 1.807) is 16.7 Å². The lowest BCUT2D eigenvalue weighted by molar-refractivity contribution is -0.112. The minimum absolute atomic E-state index is 0.0363. The number of imidazole rings is 1. The average Bonchev–Trinajstić information content (AvgIpc) is 3.11. The van der Waals surface area contributed by atoms with Crippen molar-refractivity contribution in [3.63, 3.8) is 0 Å². The van der Waals surface area contributed by atoms with E-state index in [1.165, 1.54) is 17.4 Å². The molecule has 0 aliphatic carbocycles. The number of anilines is 1. The number of halogens is 1. The van der Waals surface area contributed by atoms with Gasteiger partial charge in [0.2, 0.25) is 0 Å². The highest BCUT2D eigenvalue weighted by molar-refractivity contribution is 7.15. The van der Waals surface area contributed by atoms with E-state index in [1.807, 2.05) is 37.4 Å². The minimum Gasteiger partial charge on any atom is -0.321 e. The fraction of sp³-hybridized carbons (Fsp3) is 0.118. The van der Waals surface area contributed by atoms with Crippen LogP contribution in [0.5, 0.6) is 0 Å². The second-order valence-electron chi connectivity index (χ2n) is 5.21. The number of benzene rings is 1. The molecule has 24 heavy (non-hydrogen) atoms. The Morgan fingerprint density at radius 2 is 2.25 bits per heavy atom. The molecule has 0 aliphatic rings. The summed E-state index contributed by atoms with van der Waals surface area (Å²) in [5, 5.41) is 14.3. The van der Waals surface area contributed by atoms with Crippen LogP contribution in [0.15, 0.2) is 35.3 Å². The van der Waals surface area contributed by atoms with Gasteiger partial charge in [-0.05, 0) is 37.1 Å². The number of nitriles is 1. The smallest absolute Gasteiger partial charge is 0.266 e. The van der Waals surface area contributed by atoms with Crippen molar-refractivity contribution < 1.29 is 4.79 Å². The Kier molecular flexibility index (Phi) is 4.38. The lowest BCUT2D eigenvalue weighted by atomic mass is 10.1. The molecular formula is C17H13ClN4OS. The quantitative estimate of drug-likeness (QED) is 0.564. The van der Waals surface area contributed by atoms with Crippen LogP contribution >= 0.6 is 22.9 Å². The fourth-order valence-corrected chi connectivity index (χ4v) is 3.26. The molecule has 0 fully saturated rings. The number of nitrogens with one attached hydrogen (secondary N) is 1. The summed E-state index contributed by atoms with van der Waals surface area (Å²) < 4.78 is 1.75. The zero-order valence-corrected chi connectivity index (χ0v) is 14.6. The van der Waals surface area contributed by atoms with Crippen molar-refractivity contribution in [2.24, 2.45) is 0 Å². The first kappa shape index (κ1) is 16.2. The van der Waals surface area contributed by atoms with Gasteiger partial charge in [0.05, 0.1) is 5.69 Å². The average molecular weight is 357 g/mol. The third-order valence-electron chi connectivity index (χ3n) is 3.75. The number of rotatable bonds is 3. The molecule has 0 saturated carbocycles. The van der Waals surface area contributed by atoms with Crippen LogP contribution in [0.4, 0.5) is 5.69 Å². The molecule has 0 saturated heterocycles. The molecule has 1 aromatic carbocycles. The number of hydrogen-bond acceptors (Lipinski definition) is 4. The van der Waals surface area contributed by atoms with Crippen LogP contribution in [0.25, 0.3) is 11.0 Å². The Labute approximate surface area is 147 Å². The number of thiazole rings is 1. The molecule has 0 radical (unpaired) electrons. The molecule has 0 bridgehead atoms. The molecule has 0 spiro atoms. The van der Waals surface area contributed by atoms with Gasteiger partial charge in [0.25, 0.3) is 5.91 Å². The van der Waals surface area contributed by atoms with Crippen LogP contribution in [-0.4, -0.2) is 15.3 Å². The monoisotopic (exact) mass is 356 g/mol. The normalized spacial score (nSPS) is 11.5. The number of hydrogen-bond donors (Lipinski definition) is 1. The van der Waals surface area contributed by atoms with Crippen LogP contribution < -0.4 is 5.32 Å². The number of carbonyl (C=O) groups is 1. The largest absolute Gasteiger partial charge is 0.321 e. The molecule has 0 aliphatic heterocycles. The maximum atomic E-state index is 12.4. The maximum Gasteiger partial charge on any atom is 0.266 e. The molecule has 5 nitrogen and oxygen atoms in total. The zero-order valence-electron chi connectivity index (χ0n) is 13.0. The van der Waals surface area contributed by atoms with Crippen molar-refractivity contribution in [3.8, 4) is 6.07 Å². The van der Waals surface area contributed by atoms with Gasteiger partial charge < -0.3 is 5.32 Å². The topological polar surface area (TPSA) is 70.2 Å². The first-order valence-corrected chi connectivity index (χ1v) is 8.37. The number of nitrogens with zero attached hydrogens (tertiary/aromatic N) is 3. The van der Waals surface area contributed by atoms with Crippen LogP contribution in [0, 0.1) is 25.2 Å². The van der Waals surface area contributed by atoms with E-state index in [4.69, 9.17) is 11.6 Å². The molecule has 1 amide bonds. The van der Waals surface area contributed by atoms with Gasteiger partial charge in [-0.1, -0.05) is 23.7 Å². The van der Waals surface area contributed by atoms with Crippen LogP contribution in [0.1, 0.15) is 16.8 Å². The summed E-state index contributed by atoms with van der Waals surface area (Å²) in [5.74, 6) is -0.479. The second-order valence-corrected chi connectivity index (χ2v) is 6.45. The fourth-order valence-electron chi connectivity index (χ4n) is 2.27. The van der Waals surface area contributed by atoms with E-state index >= 15 is 0 Å². The Balaban J connectivity index is 1.95. The van der Waals surface area contributed by atoms with Crippen molar-refractivity contribution in [1.29, 1.82) is 5.26 Å². The predicted octanol–water partition coefficient (Wildman–Crippen LogP) is 4.21. The predicted molar refractivity (Wildman–Crippen MR) is 96.2 cm³/mol. The number of amides is 1. The van der Waals surface area contributed by atoms with Gasteiger partial charge >= 0.3 is 0 Å². The van der Waals surface area contributed by atoms with Gasteiger partial charge in [-0.2, -0.15) is 5.26 Å². The van der Waals surface area contributed by atoms with Crippen LogP contribution in [0.2, 0.25) is 5.15 Å². The zero-order chi connectivity index (χ0) is 17.3. The summed E-state index contributed by atoms with van der Waals surface area (Å²) in [7, 11) is 0. The van der Waals surface area contributed by atoms with Gasteiger partial charge in [-0.15, -0.1) is 11.3 Å². The summed E-state index contributed by atoms with van der Waals surface area (Å²) in [5.41, 5.74) is 3.19. The highest BCUT2D eigenvalue weighted by Gasteiger charge is 2.15. The Morgan fingerprint density at radius 3 is 3.00 bits per heavy atom. The van der Waals surface area contributed by atoms with Gasteiger partial charge in [0.15, 0.2) is 10.1 Å². The van der Waals surface area contributed by atoms with Gasteiger partial charge in [-0.3, -0.25) is 9.20 Å². The summed E-state index contributed by atoms with van der Waals surface area (Å²) in [6, 6.07) is 7.56. The van der Waals surface area contributed by atoms with E-state index in [-0.39, 0.29) is 10.7 Å². The molecule has 2 aromatic heterocycles. The van der Waals surface area contributed by atoms with E-state index in [9.17, 15) is 10.1 Å². The Morgan fingerprint density at radius 1 is 1.46 bits per heavy atom. The molecule has 7 heteroatoms. The molecule has 1 N–H and O–H groups in total. The number of aromatic nitrogens is 2. The molecule has 3 aromatic rings. The highest BCUT2D eigenvalue weighted by atomic mass is 35.5. The van der Waals surface area contributed by atoms with Gasteiger partial charge in [0.1, 0.15) is 11.6 Å². The third kappa shape index (κ3) is 2.92. The highest BCUT2D eigenvalue weighted by Crippen LogP contribution is 2.24. The molecule has 0 unspecified atom stereocenters. The van der Waals surface area contributed by atoms with Crippen LogP contribution in [0.3, 0.4) is 0 Å². The van der Waals surface area contributed by atoms with Gasteiger partial charge in [-0.25, -0.2) is 4.98 Å². The summed E-state index contributed by atoms with van der Waals surface area (Å²) in [6.45, 7) is 3.88. The number of carbonyl (C=O) groups excluding carboxylic acids is 1. The van der Waals surface area contributed by atoms with Crippen molar-refractivity contribution in [1.82, 2.24) is 9.38 Å². The van der Waals surface area contributed by atoms with Crippen molar-refractivity contribution in [2.75, 3.05) is 5.32 Å². The second kappa shape index (κ2) is 6.48. The summed E-state index contributed by atoms with van der Waals surface area (Å²) in [4.78, 5) is 17.3. The molecule has 2 heterocycles. The Bertz CT molecular complexity index is 1010. The third-order valence-corrected chi connectivity index (χ3v) is 4.79. The van der Waals surface area contributed by atoms with E-state index in [2.05, 4.69) is 10.3 Å². The van der Waals surface area contributed by atoms with Crippen molar-refractivity contribution >= 4 is 45.6 Å². The summed E-state index contributed by atoms with van der Waals surface area (Å²) in [6.07, 6.45) is 3.25. The lowest BCUT2D eigenvalue weighted by Crippen LogP contribution is -2.14. The maximum absolute atomic E-state index is 12.4. The van der Waals surface area contributed by atoms with Crippen molar-refractivity contribution in [2.45, 2.75) is 13.8 Å². The van der Waals surface area contributed by atoms with Gasteiger partial charge in [0, 0.05) is 17.3 Å². The molecule has 120 valence electrons. The van der Waals surface area contributed by atoms with E-state index in [0.29, 0.717) is 16.3 Å². The SMILES string of the molecule is Cc1cccc(NC(=O)/C(C#N)=C/c2c(Cl)nc3sccn23)c1C. The first-order chi connectivity index (χ1) is 11.5. The molecular weight excluding hydrogens is 344 g/mol. The summed E-state index contributed by atoms with van der Waals surface area (Å²) >= 11 is 7.54. The molecule has 3 rings (SSSR count). The standard InChI is InChI=1S/C17H13ClN4OS/c1-10-4-3-5-13(11(10)2)20-16(23)12(9-19)8-14-15(18)21-17-22(14)6-7-24-17/h3-8H,1-2H3,(H,20,23)/b12-8+. The number of aryl methyl sites for hydroxylation is 1. The first-order valence-electron chi connectivity index (χ1n) is 7.11. The number of fused-ring (bicyclic) bond motifs is 1. The van der Waals surface area contributed by atoms with Crippen molar-refractivity contribution in [3.05, 3.63) is 57.3 Å². The minimum atomic E-state index is -0.479. The lowest BCUT2D eigenvalue weighted by Gasteiger charge is -2.09.